The van der Waals surface area contributed by atoms with Crippen LogP contribution in [0.5, 0.6) is 0 Å². The van der Waals surface area contributed by atoms with Crippen LogP contribution in [0.3, 0.4) is 0 Å². The molecule has 0 radical (unpaired) electrons. The molecular formula is C9H11PS. The van der Waals surface area contributed by atoms with E-state index in [-0.39, 0.29) is 0 Å². The second-order valence-corrected chi connectivity index (χ2v) is 5.73. The predicted octanol–water partition coefficient (Wildman–Crippen LogP) is 3.11. The van der Waals surface area contributed by atoms with Gasteiger partial charge in [-0.05, 0) is 17.5 Å². The molecule has 0 N–H and O–H groups in total. The van der Waals surface area contributed by atoms with Gasteiger partial charge in [-0.3, -0.25) is 0 Å². The maximum atomic E-state index is 2.25. The summed E-state index contributed by atoms with van der Waals surface area (Å²) in [6.07, 6.45) is 1.42. The molecule has 11 heavy (non-hydrogen) atoms. The predicted molar refractivity (Wildman–Crippen MR) is 54.8 cm³/mol. The summed E-state index contributed by atoms with van der Waals surface area (Å²) in [5, 5.41) is 0. The first-order valence-electron chi connectivity index (χ1n) is 3.87. The lowest BCUT2D eigenvalue weighted by atomic mass is 10.2. The van der Waals surface area contributed by atoms with E-state index in [1.165, 1.54) is 17.5 Å². The number of benzene rings is 1. The summed E-state index contributed by atoms with van der Waals surface area (Å²) in [6, 6.07) is 10.9. The van der Waals surface area contributed by atoms with E-state index >= 15 is 0 Å². The zero-order chi connectivity index (χ0) is 7.52. The number of hydrogen-bond donors (Lipinski definition) is 0. The molecule has 0 amide bonds. The second kappa shape index (κ2) is 3.60. The van der Waals surface area contributed by atoms with Gasteiger partial charge in [-0.1, -0.05) is 30.3 Å². The van der Waals surface area contributed by atoms with Crippen molar-refractivity contribution >= 4 is 20.3 Å². The Morgan fingerprint density at radius 2 is 2.09 bits per heavy atom. The minimum absolute atomic E-state index is 0.816. The zero-order valence-corrected chi connectivity index (χ0v) is 8.10. The van der Waals surface area contributed by atoms with Gasteiger partial charge in [-0.2, -0.15) is 0 Å². The number of hydrogen-bond acceptors (Lipinski definition) is 1. The molecule has 1 fully saturated rings. The summed E-state index contributed by atoms with van der Waals surface area (Å²) < 4.78 is 0. The van der Waals surface area contributed by atoms with E-state index in [9.17, 15) is 0 Å². The van der Waals surface area contributed by atoms with Crippen LogP contribution in [0, 0.1) is 0 Å². The number of rotatable bonds is 1. The highest BCUT2D eigenvalue weighted by atomic mass is 32.2. The Morgan fingerprint density at radius 1 is 1.27 bits per heavy atom. The van der Waals surface area contributed by atoms with Crippen molar-refractivity contribution in [2.45, 2.75) is 4.99 Å². The van der Waals surface area contributed by atoms with Gasteiger partial charge in [0.15, 0.2) is 0 Å². The fraction of sp³-hybridized carbons (Fsp3) is 0.333. The average Bonchev–Trinajstić information content (AvgIpc) is 2.58. The lowest BCUT2D eigenvalue weighted by Gasteiger charge is -2.06. The molecule has 58 valence electrons. The third-order valence-electron chi connectivity index (χ3n) is 1.82. The van der Waals surface area contributed by atoms with E-state index in [0.717, 1.165) is 13.6 Å². The maximum Gasteiger partial charge on any atom is 0.0466 e. The molecule has 0 spiro atoms. The van der Waals surface area contributed by atoms with Crippen molar-refractivity contribution in [3.8, 4) is 0 Å². The molecule has 2 atom stereocenters. The maximum absolute atomic E-state index is 2.25. The molecule has 2 rings (SSSR count). The molecule has 0 aromatic heterocycles. The van der Waals surface area contributed by atoms with Crippen LogP contribution in [0.25, 0.3) is 0 Å². The van der Waals surface area contributed by atoms with Crippen molar-refractivity contribution in [2.24, 2.45) is 0 Å². The molecule has 0 aliphatic carbocycles. The van der Waals surface area contributed by atoms with Gasteiger partial charge < -0.3 is 0 Å². The summed E-state index contributed by atoms with van der Waals surface area (Å²) in [5.74, 6) is 1.36. The topological polar surface area (TPSA) is 0 Å². The van der Waals surface area contributed by atoms with E-state index in [1.54, 1.807) is 0 Å². The molecule has 1 saturated heterocycles. The fourth-order valence-electron chi connectivity index (χ4n) is 1.27. The van der Waals surface area contributed by atoms with Crippen molar-refractivity contribution in [2.75, 3.05) is 11.9 Å². The Bertz CT molecular complexity index is 216. The fourth-order valence-corrected chi connectivity index (χ4v) is 4.66. The van der Waals surface area contributed by atoms with Crippen LogP contribution in [-0.4, -0.2) is 11.9 Å². The molecule has 1 aromatic rings. The Labute approximate surface area is 73.6 Å². The van der Waals surface area contributed by atoms with Crippen molar-refractivity contribution in [1.82, 2.24) is 0 Å². The Balaban J connectivity index is 2.16. The lowest BCUT2D eigenvalue weighted by Crippen LogP contribution is -1.80. The molecule has 0 saturated carbocycles. The average molecular weight is 182 g/mol. The van der Waals surface area contributed by atoms with Crippen LogP contribution in [0.4, 0.5) is 0 Å². The molecule has 1 aromatic carbocycles. The Kier molecular flexibility index (Phi) is 2.50. The molecule has 0 bridgehead atoms. The van der Waals surface area contributed by atoms with Crippen LogP contribution in [0.1, 0.15) is 10.6 Å². The summed E-state index contributed by atoms with van der Waals surface area (Å²) in [4.78, 5) is 0.816. The third-order valence-corrected chi connectivity index (χ3v) is 5.47. The summed E-state index contributed by atoms with van der Waals surface area (Å²) in [6.45, 7) is 0. The number of thioether (sulfide) groups is 1. The molecule has 1 aliphatic rings. The molecular weight excluding hydrogens is 171 g/mol. The van der Waals surface area contributed by atoms with E-state index in [1.807, 2.05) is 0 Å². The summed E-state index contributed by atoms with van der Waals surface area (Å²) in [7, 11) is 1.14. The normalized spacial score (nSPS) is 26.0. The minimum Gasteiger partial charge on any atom is -0.149 e. The van der Waals surface area contributed by atoms with Gasteiger partial charge >= 0.3 is 0 Å². The first-order valence-corrected chi connectivity index (χ1v) is 6.20. The molecule has 1 heterocycles. The van der Waals surface area contributed by atoms with Gasteiger partial charge in [0.1, 0.15) is 0 Å². The first kappa shape index (κ1) is 7.64. The highest BCUT2D eigenvalue weighted by Crippen LogP contribution is 2.49. The van der Waals surface area contributed by atoms with Crippen molar-refractivity contribution < 1.29 is 0 Å². The lowest BCUT2D eigenvalue weighted by molar-refractivity contribution is 1.38. The van der Waals surface area contributed by atoms with Gasteiger partial charge in [0.05, 0.1) is 0 Å². The van der Waals surface area contributed by atoms with Crippen molar-refractivity contribution in [3.63, 3.8) is 0 Å². The monoisotopic (exact) mass is 182 g/mol. The van der Waals surface area contributed by atoms with Crippen LogP contribution >= 0.6 is 20.3 Å². The minimum atomic E-state index is 0.816. The van der Waals surface area contributed by atoms with E-state index in [2.05, 4.69) is 42.1 Å². The highest BCUT2D eigenvalue weighted by molar-refractivity contribution is 8.05. The first-order chi connectivity index (χ1) is 5.47. The quantitative estimate of drug-likeness (QED) is 0.601. The van der Waals surface area contributed by atoms with Crippen LogP contribution in [0.15, 0.2) is 30.3 Å². The Morgan fingerprint density at radius 3 is 2.73 bits per heavy atom. The van der Waals surface area contributed by atoms with Gasteiger partial charge in [-0.25, -0.2) is 0 Å². The molecule has 2 heteroatoms. The van der Waals surface area contributed by atoms with E-state index < -0.39 is 0 Å². The molecule has 1 aliphatic heterocycles. The molecule has 0 nitrogen and oxygen atoms in total. The third kappa shape index (κ3) is 1.77. The van der Waals surface area contributed by atoms with Gasteiger partial charge in [0, 0.05) is 4.99 Å². The van der Waals surface area contributed by atoms with Crippen molar-refractivity contribution in [3.05, 3.63) is 35.9 Å². The van der Waals surface area contributed by atoms with Gasteiger partial charge in [0.25, 0.3) is 0 Å². The van der Waals surface area contributed by atoms with Gasteiger partial charge in [-0.15, -0.1) is 20.3 Å². The van der Waals surface area contributed by atoms with Crippen molar-refractivity contribution in [1.29, 1.82) is 0 Å². The Hall–Kier alpha value is -0.0000000000000000555. The van der Waals surface area contributed by atoms with Gasteiger partial charge in [0.2, 0.25) is 0 Å². The zero-order valence-electron chi connectivity index (χ0n) is 6.29. The summed E-state index contributed by atoms with van der Waals surface area (Å²) >= 11 is 2.11. The highest BCUT2D eigenvalue weighted by Gasteiger charge is 2.16. The largest absolute Gasteiger partial charge is 0.149 e. The summed E-state index contributed by atoms with van der Waals surface area (Å²) in [5.41, 5.74) is 1.52. The van der Waals surface area contributed by atoms with Crippen LogP contribution in [0.2, 0.25) is 0 Å². The smallest absolute Gasteiger partial charge is 0.0466 e. The SMILES string of the molecule is c1ccc([C@@H]2PCCS2)cc1. The molecule has 1 unspecified atom stereocenters. The van der Waals surface area contributed by atoms with E-state index in [0.29, 0.717) is 0 Å². The van der Waals surface area contributed by atoms with Crippen LogP contribution < -0.4 is 0 Å². The van der Waals surface area contributed by atoms with Crippen LogP contribution in [-0.2, 0) is 0 Å². The second-order valence-electron chi connectivity index (χ2n) is 2.62. The standard InChI is InChI=1S/C9H11PS/c1-2-4-8(5-3-1)9-10-6-7-11-9/h1-5,9-10H,6-7H2/t9-/m1/s1. The van der Waals surface area contributed by atoms with E-state index in [4.69, 9.17) is 0 Å².